The lowest BCUT2D eigenvalue weighted by molar-refractivity contribution is -0.131. The maximum Gasteiger partial charge on any atom is 0.328 e. The highest BCUT2D eigenvalue weighted by atomic mass is 19.3. The lowest BCUT2D eigenvalue weighted by Crippen LogP contribution is -2.41. The Bertz CT molecular complexity index is 561. The second kappa shape index (κ2) is 6.82. The van der Waals surface area contributed by atoms with E-state index in [9.17, 15) is 27.2 Å². The fourth-order valence-corrected chi connectivity index (χ4v) is 1.26. The topological polar surface area (TPSA) is 79.3 Å². The lowest BCUT2D eigenvalue weighted by atomic mass is 10.1. The largest absolute Gasteiger partial charge is 0.478 e. The van der Waals surface area contributed by atoms with Gasteiger partial charge in [-0.15, -0.1) is 0 Å². The van der Waals surface area contributed by atoms with Gasteiger partial charge in [0.05, 0.1) is 6.54 Å². The molecule has 5 nitrogen and oxygen atoms in total. The number of nitrogens with one attached hydrogen (secondary N) is 1. The minimum absolute atomic E-state index is 0.0535. The summed E-state index contributed by atoms with van der Waals surface area (Å²) in [6.07, 6.45) is -0.970. The van der Waals surface area contributed by atoms with E-state index in [1.54, 1.807) is 5.32 Å². The van der Waals surface area contributed by atoms with Gasteiger partial charge in [-0.1, -0.05) is 6.07 Å². The molecule has 0 saturated carbocycles. The predicted octanol–water partition coefficient (Wildman–Crippen LogP) is 1.81. The smallest absolute Gasteiger partial charge is 0.328 e. The van der Waals surface area contributed by atoms with Crippen LogP contribution in [-0.2, 0) is 4.79 Å². The van der Waals surface area contributed by atoms with E-state index in [0.717, 1.165) is 12.2 Å². The van der Waals surface area contributed by atoms with Gasteiger partial charge in [-0.3, -0.25) is 9.78 Å². The number of aliphatic carboxylic acids is 1. The summed E-state index contributed by atoms with van der Waals surface area (Å²) < 4.78 is 49.3. The Hall–Kier alpha value is -2.45. The summed E-state index contributed by atoms with van der Waals surface area (Å²) >= 11 is 0. The fourth-order valence-electron chi connectivity index (χ4n) is 1.26. The second-order valence-corrected chi connectivity index (χ2v) is 3.86. The molecule has 1 amide bonds. The van der Waals surface area contributed by atoms with E-state index in [0.29, 0.717) is 0 Å². The van der Waals surface area contributed by atoms with Crippen molar-refractivity contribution in [3.05, 3.63) is 35.7 Å². The first-order valence-corrected chi connectivity index (χ1v) is 5.54. The quantitative estimate of drug-likeness (QED) is 0.620. The molecule has 1 rings (SSSR count). The van der Waals surface area contributed by atoms with E-state index < -0.39 is 30.8 Å². The van der Waals surface area contributed by atoms with Crippen molar-refractivity contribution in [3.63, 3.8) is 0 Å². The zero-order chi connectivity index (χ0) is 16.0. The number of amides is 1. The highest BCUT2D eigenvalue weighted by Crippen LogP contribution is 2.21. The van der Waals surface area contributed by atoms with Crippen molar-refractivity contribution < 1.29 is 32.3 Å². The van der Waals surface area contributed by atoms with Crippen molar-refractivity contribution in [1.82, 2.24) is 10.3 Å². The van der Waals surface area contributed by atoms with E-state index in [4.69, 9.17) is 5.11 Å². The number of alkyl halides is 4. The van der Waals surface area contributed by atoms with Crippen molar-refractivity contribution in [2.24, 2.45) is 0 Å². The molecule has 0 saturated heterocycles. The Balaban J connectivity index is 2.86. The van der Waals surface area contributed by atoms with Gasteiger partial charge in [-0.2, -0.15) is 8.78 Å². The van der Waals surface area contributed by atoms with Crippen LogP contribution in [0, 0.1) is 0 Å². The first-order chi connectivity index (χ1) is 9.74. The van der Waals surface area contributed by atoms with Crippen LogP contribution in [0.5, 0.6) is 0 Å². The lowest BCUT2D eigenvalue weighted by Gasteiger charge is -2.15. The molecule has 1 heterocycles. The van der Waals surface area contributed by atoms with Crippen LogP contribution in [0.25, 0.3) is 6.08 Å². The number of pyridine rings is 1. The number of nitrogens with zero attached hydrogens (tertiary/aromatic N) is 1. The highest BCUT2D eigenvalue weighted by molar-refractivity contribution is 5.97. The number of halogens is 4. The normalized spacial score (nSPS) is 11.9. The van der Waals surface area contributed by atoms with E-state index in [1.807, 2.05) is 0 Å². The summed E-state index contributed by atoms with van der Waals surface area (Å²) in [6, 6.07) is 2.72. The van der Waals surface area contributed by atoms with Gasteiger partial charge in [0.25, 0.3) is 5.91 Å². The Kier molecular flexibility index (Phi) is 5.39. The average Bonchev–Trinajstić information content (AvgIpc) is 2.42. The van der Waals surface area contributed by atoms with Crippen LogP contribution in [0.3, 0.4) is 0 Å². The number of hydrogen-bond acceptors (Lipinski definition) is 3. The number of carbonyl (C=O) groups excluding carboxylic acids is 1. The zero-order valence-corrected chi connectivity index (χ0v) is 10.4. The molecule has 1 aromatic heterocycles. The summed E-state index contributed by atoms with van der Waals surface area (Å²) in [5.41, 5.74) is -0.294. The van der Waals surface area contributed by atoms with Crippen LogP contribution < -0.4 is 5.32 Å². The molecule has 1 aromatic rings. The van der Waals surface area contributed by atoms with Gasteiger partial charge < -0.3 is 10.4 Å². The number of aromatic nitrogens is 1. The summed E-state index contributed by atoms with van der Waals surface area (Å²) in [4.78, 5) is 25.7. The number of hydrogen-bond donors (Lipinski definition) is 2. The number of rotatable bonds is 6. The summed E-state index contributed by atoms with van der Waals surface area (Å²) in [7, 11) is 0. The Morgan fingerprint density at radius 1 is 1.43 bits per heavy atom. The summed E-state index contributed by atoms with van der Waals surface area (Å²) in [6.45, 7) is -1.55. The Morgan fingerprint density at radius 2 is 2.10 bits per heavy atom. The third-order valence-electron chi connectivity index (χ3n) is 2.26. The predicted molar refractivity (Wildman–Crippen MR) is 64.2 cm³/mol. The average molecular weight is 306 g/mol. The van der Waals surface area contributed by atoms with E-state index in [-0.39, 0.29) is 11.3 Å². The molecular weight excluding hydrogens is 296 g/mol. The molecule has 0 aromatic carbocycles. The van der Waals surface area contributed by atoms with Gasteiger partial charge in [-0.05, 0) is 12.1 Å². The van der Waals surface area contributed by atoms with Gasteiger partial charge in [0, 0.05) is 17.8 Å². The molecule has 0 aliphatic rings. The van der Waals surface area contributed by atoms with Crippen LogP contribution in [0.2, 0.25) is 0 Å². The van der Waals surface area contributed by atoms with E-state index in [2.05, 4.69) is 4.98 Å². The minimum atomic E-state index is -4.36. The molecular formula is C12H10F4N2O3. The van der Waals surface area contributed by atoms with Crippen LogP contribution in [-0.4, -0.2) is 40.9 Å². The first-order valence-electron chi connectivity index (χ1n) is 5.54. The van der Waals surface area contributed by atoms with E-state index >= 15 is 0 Å². The van der Waals surface area contributed by atoms with Crippen molar-refractivity contribution in [2.45, 2.75) is 12.3 Å². The number of carbonyl (C=O) groups is 2. The molecule has 0 aliphatic heterocycles. The number of carboxylic acid groups (broad SMARTS) is 1. The molecule has 2 N–H and O–H groups in total. The third-order valence-corrected chi connectivity index (χ3v) is 2.26. The van der Waals surface area contributed by atoms with Gasteiger partial charge in [0.2, 0.25) is 0 Å². The molecule has 0 fully saturated rings. The molecule has 21 heavy (non-hydrogen) atoms. The van der Waals surface area contributed by atoms with Crippen molar-refractivity contribution in [1.29, 1.82) is 0 Å². The maximum absolute atomic E-state index is 12.7. The van der Waals surface area contributed by atoms with Crippen LogP contribution in [0.4, 0.5) is 17.6 Å². The third kappa shape index (κ3) is 4.86. The zero-order valence-electron chi connectivity index (χ0n) is 10.4. The van der Waals surface area contributed by atoms with Gasteiger partial charge >= 0.3 is 18.3 Å². The van der Waals surface area contributed by atoms with Crippen molar-refractivity contribution in [3.8, 4) is 0 Å². The molecule has 114 valence electrons. The van der Waals surface area contributed by atoms with Crippen molar-refractivity contribution >= 4 is 18.0 Å². The van der Waals surface area contributed by atoms with E-state index in [1.165, 1.54) is 18.3 Å². The SMILES string of the molecule is O=C(O)/C=C/c1cccnc1C(=O)NCC(F)(F)C(F)F. The molecule has 0 unspecified atom stereocenters. The molecule has 0 aliphatic carbocycles. The molecule has 0 bridgehead atoms. The molecule has 0 spiro atoms. The van der Waals surface area contributed by atoms with Crippen LogP contribution in [0.15, 0.2) is 24.4 Å². The van der Waals surface area contributed by atoms with Gasteiger partial charge in [0.1, 0.15) is 5.69 Å². The van der Waals surface area contributed by atoms with Gasteiger partial charge in [-0.25, -0.2) is 13.6 Å². The summed E-state index contributed by atoms with van der Waals surface area (Å²) in [5, 5.41) is 10.1. The standard InChI is InChI=1S/C12H10F4N2O3/c13-11(14)12(15,16)6-18-10(21)9-7(2-1-5-17-9)3-4-8(19)20/h1-5,11H,6H2,(H,18,21)(H,19,20)/b4-3+. The molecule has 0 atom stereocenters. The van der Waals surface area contributed by atoms with Crippen LogP contribution in [0.1, 0.15) is 16.1 Å². The molecule has 9 heteroatoms. The summed E-state index contributed by atoms with van der Waals surface area (Å²) in [5.74, 6) is -6.75. The second-order valence-electron chi connectivity index (χ2n) is 3.86. The first kappa shape index (κ1) is 16.6. The van der Waals surface area contributed by atoms with Crippen LogP contribution >= 0.6 is 0 Å². The van der Waals surface area contributed by atoms with Gasteiger partial charge in [0.15, 0.2) is 0 Å². The minimum Gasteiger partial charge on any atom is -0.478 e. The maximum atomic E-state index is 12.7. The Labute approximate surface area is 116 Å². The highest BCUT2D eigenvalue weighted by Gasteiger charge is 2.41. The number of carboxylic acids is 1. The monoisotopic (exact) mass is 306 g/mol. The van der Waals surface area contributed by atoms with Crippen molar-refractivity contribution in [2.75, 3.05) is 6.54 Å². The Morgan fingerprint density at radius 3 is 2.67 bits per heavy atom. The fraction of sp³-hybridized carbons (Fsp3) is 0.250. The molecule has 0 radical (unpaired) electrons.